The number of carboxylic acids is 1. The van der Waals surface area contributed by atoms with Crippen molar-refractivity contribution in [2.24, 2.45) is 0 Å². The number of methoxy groups -OCH3 is 1. The van der Waals surface area contributed by atoms with Crippen LogP contribution in [-0.2, 0) is 11.2 Å². The summed E-state index contributed by atoms with van der Waals surface area (Å²) in [7, 11) is 1.59. The summed E-state index contributed by atoms with van der Waals surface area (Å²) in [6.07, 6.45) is 2.06. The largest absolute Gasteiger partial charge is 0.496 e. The Morgan fingerprint density at radius 1 is 1.56 bits per heavy atom. The van der Waals surface area contributed by atoms with Crippen LogP contribution in [0.3, 0.4) is 0 Å². The summed E-state index contributed by atoms with van der Waals surface area (Å²) in [5, 5.41) is 11.9. The molecule has 0 radical (unpaired) electrons. The fraction of sp³-hybridized carbons (Fsp3) is 0.250. The van der Waals surface area contributed by atoms with Gasteiger partial charge in [-0.15, -0.1) is 0 Å². The van der Waals surface area contributed by atoms with Gasteiger partial charge in [0.25, 0.3) is 0 Å². The van der Waals surface area contributed by atoms with Crippen LogP contribution in [0.5, 0.6) is 5.75 Å². The van der Waals surface area contributed by atoms with Crippen molar-refractivity contribution in [3.8, 4) is 5.75 Å². The average molecular weight is 219 g/mol. The molecule has 2 N–H and O–H groups in total. The molecule has 0 amide bonds. The van der Waals surface area contributed by atoms with Crippen LogP contribution in [0.2, 0.25) is 0 Å². The average Bonchev–Trinajstić information content (AvgIpc) is 2.28. The maximum absolute atomic E-state index is 10.7. The number of fused-ring (bicyclic) bond motifs is 1. The summed E-state index contributed by atoms with van der Waals surface area (Å²) in [5.74, 6) is -0.251. The molecule has 1 aromatic rings. The SMILES string of the molecule is COc1cccc2c1C(=CC(=O)O)NCC2. The molecule has 16 heavy (non-hydrogen) atoms. The Morgan fingerprint density at radius 2 is 2.38 bits per heavy atom. The third-order valence-corrected chi connectivity index (χ3v) is 2.58. The third kappa shape index (κ3) is 1.86. The Balaban J connectivity index is 2.55. The molecule has 0 aromatic heterocycles. The third-order valence-electron chi connectivity index (χ3n) is 2.58. The molecule has 0 spiro atoms. The summed E-state index contributed by atoms with van der Waals surface area (Å²) in [4.78, 5) is 10.7. The number of nitrogens with one attached hydrogen (secondary N) is 1. The van der Waals surface area contributed by atoms with Crippen LogP contribution in [-0.4, -0.2) is 24.7 Å². The molecule has 1 aliphatic rings. The zero-order valence-electron chi connectivity index (χ0n) is 8.99. The molecule has 4 heteroatoms. The van der Waals surface area contributed by atoms with Crippen LogP contribution in [0.1, 0.15) is 11.1 Å². The maximum Gasteiger partial charge on any atom is 0.330 e. The van der Waals surface area contributed by atoms with Gasteiger partial charge in [0.2, 0.25) is 0 Å². The molecule has 1 aliphatic heterocycles. The highest BCUT2D eigenvalue weighted by atomic mass is 16.5. The lowest BCUT2D eigenvalue weighted by atomic mass is 9.97. The number of ether oxygens (including phenoxy) is 1. The molecule has 84 valence electrons. The van der Waals surface area contributed by atoms with Crippen LogP contribution < -0.4 is 10.1 Å². The Bertz CT molecular complexity index is 437. The molecule has 4 nitrogen and oxygen atoms in total. The zero-order valence-corrected chi connectivity index (χ0v) is 8.99. The van der Waals surface area contributed by atoms with Gasteiger partial charge in [-0.3, -0.25) is 0 Å². The number of carboxylic acid groups (broad SMARTS) is 1. The first-order chi connectivity index (χ1) is 7.72. The molecule has 0 bridgehead atoms. The van der Waals surface area contributed by atoms with Gasteiger partial charge in [0, 0.05) is 18.2 Å². The Labute approximate surface area is 93.5 Å². The smallest absolute Gasteiger partial charge is 0.330 e. The lowest BCUT2D eigenvalue weighted by Crippen LogP contribution is -2.23. The number of carbonyl (C=O) groups is 1. The summed E-state index contributed by atoms with van der Waals surface area (Å²) < 4.78 is 5.25. The first-order valence-corrected chi connectivity index (χ1v) is 5.07. The van der Waals surface area contributed by atoms with E-state index in [1.54, 1.807) is 7.11 Å². The van der Waals surface area contributed by atoms with Crippen LogP contribution >= 0.6 is 0 Å². The van der Waals surface area contributed by atoms with Crippen molar-refractivity contribution in [2.45, 2.75) is 6.42 Å². The minimum Gasteiger partial charge on any atom is -0.496 e. The highest BCUT2D eigenvalue weighted by molar-refractivity contribution is 5.91. The lowest BCUT2D eigenvalue weighted by Gasteiger charge is -2.22. The highest BCUT2D eigenvalue weighted by Crippen LogP contribution is 2.30. The second-order valence-corrected chi connectivity index (χ2v) is 3.57. The number of rotatable bonds is 2. The second-order valence-electron chi connectivity index (χ2n) is 3.57. The van der Waals surface area contributed by atoms with Crippen molar-refractivity contribution in [1.29, 1.82) is 0 Å². The van der Waals surface area contributed by atoms with E-state index in [9.17, 15) is 4.79 Å². The van der Waals surface area contributed by atoms with Crippen molar-refractivity contribution < 1.29 is 14.6 Å². The molecule has 0 saturated carbocycles. The molecule has 0 unspecified atom stereocenters. The number of benzene rings is 1. The zero-order chi connectivity index (χ0) is 11.5. The highest BCUT2D eigenvalue weighted by Gasteiger charge is 2.18. The minimum atomic E-state index is -0.957. The summed E-state index contributed by atoms with van der Waals surface area (Å²) in [5.41, 5.74) is 2.59. The normalized spacial score (nSPS) is 16.4. The van der Waals surface area contributed by atoms with Gasteiger partial charge in [-0.2, -0.15) is 0 Å². The van der Waals surface area contributed by atoms with Crippen LogP contribution in [0.4, 0.5) is 0 Å². The van der Waals surface area contributed by atoms with Gasteiger partial charge in [0.1, 0.15) is 5.75 Å². The van der Waals surface area contributed by atoms with Crippen molar-refractivity contribution in [2.75, 3.05) is 13.7 Å². The van der Waals surface area contributed by atoms with Gasteiger partial charge < -0.3 is 15.2 Å². The van der Waals surface area contributed by atoms with Crippen LogP contribution in [0.25, 0.3) is 5.70 Å². The van der Waals surface area contributed by atoms with Crippen molar-refractivity contribution in [1.82, 2.24) is 5.32 Å². The Hall–Kier alpha value is -1.97. The molecular formula is C12H13NO3. The van der Waals surface area contributed by atoms with Crippen LogP contribution in [0, 0.1) is 0 Å². The van der Waals surface area contributed by atoms with E-state index in [4.69, 9.17) is 9.84 Å². The molecule has 1 heterocycles. The van der Waals surface area contributed by atoms with Crippen molar-refractivity contribution in [3.05, 3.63) is 35.4 Å². The summed E-state index contributed by atoms with van der Waals surface area (Å²) in [6.45, 7) is 0.749. The van der Waals surface area contributed by atoms with E-state index in [0.29, 0.717) is 11.4 Å². The number of aliphatic carboxylic acids is 1. The number of hydrogen-bond acceptors (Lipinski definition) is 3. The predicted molar refractivity (Wildman–Crippen MR) is 60.3 cm³/mol. The number of hydrogen-bond donors (Lipinski definition) is 2. The lowest BCUT2D eigenvalue weighted by molar-refractivity contribution is -0.131. The van der Waals surface area contributed by atoms with E-state index in [1.807, 2.05) is 18.2 Å². The predicted octanol–water partition coefficient (Wildman–Crippen LogP) is 1.27. The molecule has 2 rings (SSSR count). The van der Waals surface area contributed by atoms with E-state index >= 15 is 0 Å². The summed E-state index contributed by atoms with van der Waals surface area (Å²) in [6, 6.07) is 5.75. The summed E-state index contributed by atoms with van der Waals surface area (Å²) >= 11 is 0. The van der Waals surface area contributed by atoms with E-state index in [-0.39, 0.29) is 0 Å². The fourth-order valence-electron chi connectivity index (χ4n) is 1.93. The van der Waals surface area contributed by atoms with Gasteiger partial charge in [0.05, 0.1) is 12.8 Å². The van der Waals surface area contributed by atoms with Gasteiger partial charge in [-0.25, -0.2) is 4.79 Å². The maximum atomic E-state index is 10.7. The van der Waals surface area contributed by atoms with Crippen molar-refractivity contribution in [3.63, 3.8) is 0 Å². The minimum absolute atomic E-state index is 0.617. The van der Waals surface area contributed by atoms with E-state index in [1.165, 1.54) is 6.08 Å². The first kappa shape index (κ1) is 10.5. The molecular weight excluding hydrogens is 206 g/mol. The van der Waals surface area contributed by atoms with E-state index in [2.05, 4.69) is 5.32 Å². The van der Waals surface area contributed by atoms with Gasteiger partial charge in [-0.1, -0.05) is 12.1 Å². The molecule has 0 fully saturated rings. The molecule has 0 saturated heterocycles. The topological polar surface area (TPSA) is 58.6 Å². The van der Waals surface area contributed by atoms with Gasteiger partial charge in [0.15, 0.2) is 0 Å². The van der Waals surface area contributed by atoms with Crippen molar-refractivity contribution >= 4 is 11.7 Å². The molecule has 0 atom stereocenters. The van der Waals surface area contributed by atoms with E-state index < -0.39 is 5.97 Å². The van der Waals surface area contributed by atoms with Gasteiger partial charge in [-0.05, 0) is 18.1 Å². The molecule has 0 aliphatic carbocycles. The van der Waals surface area contributed by atoms with Crippen LogP contribution in [0.15, 0.2) is 24.3 Å². The second kappa shape index (κ2) is 4.26. The van der Waals surface area contributed by atoms with E-state index in [0.717, 1.165) is 24.1 Å². The fourth-order valence-corrected chi connectivity index (χ4v) is 1.93. The Morgan fingerprint density at radius 3 is 3.06 bits per heavy atom. The molecule has 1 aromatic carbocycles. The van der Waals surface area contributed by atoms with Gasteiger partial charge >= 0.3 is 5.97 Å². The monoisotopic (exact) mass is 219 g/mol. The standard InChI is InChI=1S/C12H13NO3/c1-16-10-4-2-3-8-5-6-13-9(12(8)10)7-11(14)15/h2-4,7,13H,5-6H2,1H3,(H,14,15). The first-order valence-electron chi connectivity index (χ1n) is 5.07. The Kier molecular flexibility index (Phi) is 2.81. The quantitative estimate of drug-likeness (QED) is 0.735.